The molecule has 1 aliphatic rings. The third-order valence-electron chi connectivity index (χ3n) is 5.02. The third kappa shape index (κ3) is 5.18. The Morgan fingerprint density at radius 3 is 2.68 bits per heavy atom. The average Bonchev–Trinajstić information content (AvgIpc) is 3.19. The number of ether oxygens (including phenoxy) is 2. The summed E-state index contributed by atoms with van der Waals surface area (Å²) in [6, 6.07) is 15.6. The second-order valence-corrected chi connectivity index (χ2v) is 8.02. The number of aromatic nitrogens is 3. The van der Waals surface area contributed by atoms with Crippen molar-refractivity contribution in [2.45, 2.75) is 5.16 Å². The number of benzene rings is 2. The van der Waals surface area contributed by atoms with Gasteiger partial charge in [-0.3, -0.25) is 4.79 Å². The molecule has 1 aliphatic heterocycles. The summed E-state index contributed by atoms with van der Waals surface area (Å²) in [6.45, 7) is 3.27. The molecule has 31 heavy (non-hydrogen) atoms. The van der Waals surface area contributed by atoms with Gasteiger partial charge in [0.05, 0.1) is 26.1 Å². The van der Waals surface area contributed by atoms with Crippen molar-refractivity contribution in [1.29, 1.82) is 0 Å². The molecule has 8 nitrogen and oxygen atoms in total. The van der Waals surface area contributed by atoms with E-state index in [9.17, 15) is 4.79 Å². The largest absolute Gasteiger partial charge is 0.497 e. The third-order valence-corrected chi connectivity index (χ3v) is 6.04. The Bertz CT molecular complexity index is 1030. The summed E-state index contributed by atoms with van der Waals surface area (Å²) in [5.74, 6) is 1.64. The van der Waals surface area contributed by atoms with Crippen LogP contribution in [-0.2, 0) is 16.6 Å². The van der Waals surface area contributed by atoms with E-state index < -0.39 is 0 Å². The molecule has 1 saturated heterocycles. The molecule has 0 bridgehead atoms. The Balaban J connectivity index is 1.33. The summed E-state index contributed by atoms with van der Waals surface area (Å²) < 4.78 is 12.5. The van der Waals surface area contributed by atoms with Gasteiger partial charge in [-0.2, -0.15) is 0 Å². The maximum Gasteiger partial charge on any atom is 0.234 e. The zero-order valence-corrected chi connectivity index (χ0v) is 18.4. The van der Waals surface area contributed by atoms with Gasteiger partial charge in [-0.15, -0.1) is 10.2 Å². The predicted molar refractivity (Wildman–Crippen MR) is 122 cm³/mol. The topological polar surface area (TPSA) is 81.5 Å². The van der Waals surface area contributed by atoms with Gasteiger partial charge in [-0.05, 0) is 36.4 Å². The number of anilines is 2. The highest BCUT2D eigenvalue weighted by molar-refractivity contribution is 7.99. The van der Waals surface area contributed by atoms with Gasteiger partial charge in [-0.1, -0.05) is 23.9 Å². The Morgan fingerprint density at radius 1 is 1.16 bits per heavy atom. The minimum atomic E-state index is -0.0879. The number of amides is 1. The standard InChI is InChI=1S/C22H25N5O3S/c1-26-21(16-4-3-5-19(14-16)29-2)24-25-22(26)31-15-20(28)23-17-6-8-18(9-7-17)27-10-12-30-13-11-27/h3-9,14H,10-13,15H2,1-2H3,(H,23,28). The molecule has 2 aromatic carbocycles. The van der Waals surface area contributed by atoms with Gasteiger partial charge in [0.1, 0.15) is 5.75 Å². The maximum atomic E-state index is 12.4. The lowest BCUT2D eigenvalue weighted by atomic mass is 10.2. The summed E-state index contributed by atoms with van der Waals surface area (Å²) in [4.78, 5) is 14.7. The summed E-state index contributed by atoms with van der Waals surface area (Å²) in [5.41, 5.74) is 2.82. The number of hydrogen-bond acceptors (Lipinski definition) is 7. The monoisotopic (exact) mass is 439 g/mol. The number of hydrogen-bond donors (Lipinski definition) is 1. The first-order valence-corrected chi connectivity index (χ1v) is 11.0. The number of thioether (sulfide) groups is 1. The molecule has 2 heterocycles. The van der Waals surface area contributed by atoms with E-state index in [-0.39, 0.29) is 11.7 Å². The van der Waals surface area contributed by atoms with E-state index in [4.69, 9.17) is 9.47 Å². The highest BCUT2D eigenvalue weighted by atomic mass is 32.2. The van der Waals surface area contributed by atoms with Crippen LogP contribution in [-0.4, -0.2) is 59.8 Å². The predicted octanol–water partition coefficient (Wildman–Crippen LogP) is 3.06. The van der Waals surface area contributed by atoms with Crippen molar-refractivity contribution >= 4 is 29.0 Å². The zero-order valence-electron chi connectivity index (χ0n) is 17.6. The van der Waals surface area contributed by atoms with E-state index in [1.807, 2.05) is 60.1 Å². The normalized spacial score (nSPS) is 13.8. The van der Waals surface area contributed by atoms with Gasteiger partial charge in [0.25, 0.3) is 0 Å². The van der Waals surface area contributed by atoms with E-state index in [0.29, 0.717) is 5.16 Å². The SMILES string of the molecule is COc1cccc(-c2nnc(SCC(=O)Nc3ccc(N4CCOCC4)cc3)n2C)c1. The highest BCUT2D eigenvalue weighted by Crippen LogP contribution is 2.25. The lowest BCUT2D eigenvalue weighted by Crippen LogP contribution is -2.36. The van der Waals surface area contributed by atoms with Crippen LogP contribution >= 0.6 is 11.8 Å². The van der Waals surface area contributed by atoms with Crippen LogP contribution in [0.15, 0.2) is 53.7 Å². The van der Waals surface area contributed by atoms with Gasteiger partial charge in [-0.25, -0.2) is 0 Å². The van der Waals surface area contributed by atoms with Crippen molar-refractivity contribution in [3.8, 4) is 17.1 Å². The minimum Gasteiger partial charge on any atom is -0.497 e. The molecule has 0 atom stereocenters. The van der Waals surface area contributed by atoms with Gasteiger partial charge < -0.3 is 24.3 Å². The first-order valence-electron chi connectivity index (χ1n) is 10.0. The fourth-order valence-electron chi connectivity index (χ4n) is 3.36. The number of nitrogens with one attached hydrogen (secondary N) is 1. The highest BCUT2D eigenvalue weighted by Gasteiger charge is 2.14. The molecule has 0 spiro atoms. The number of carbonyl (C=O) groups is 1. The number of rotatable bonds is 7. The average molecular weight is 440 g/mol. The molecule has 0 saturated carbocycles. The molecule has 0 unspecified atom stereocenters. The first kappa shape index (κ1) is 21.2. The summed E-state index contributed by atoms with van der Waals surface area (Å²) in [5, 5.41) is 12.1. The number of morpholine rings is 1. The Kier molecular flexibility index (Phi) is 6.73. The summed E-state index contributed by atoms with van der Waals surface area (Å²) in [7, 11) is 3.52. The van der Waals surface area contributed by atoms with E-state index in [0.717, 1.165) is 54.8 Å². The van der Waals surface area contributed by atoms with Crippen molar-refractivity contribution < 1.29 is 14.3 Å². The van der Waals surface area contributed by atoms with Crippen LogP contribution in [0.2, 0.25) is 0 Å². The number of carbonyl (C=O) groups excluding carboxylic acids is 1. The molecular formula is C22H25N5O3S. The summed E-state index contributed by atoms with van der Waals surface area (Å²) in [6.07, 6.45) is 0. The zero-order chi connectivity index (χ0) is 21.6. The fraction of sp³-hybridized carbons (Fsp3) is 0.318. The molecule has 1 aromatic heterocycles. The van der Waals surface area contributed by atoms with Crippen LogP contribution in [0.5, 0.6) is 5.75 Å². The van der Waals surface area contributed by atoms with Crippen LogP contribution in [0.25, 0.3) is 11.4 Å². The molecule has 1 amide bonds. The van der Waals surface area contributed by atoms with Crippen molar-refractivity contribution in [2.24, 2.45) is 7.05 Å². The smallest absolute Gasteiger partial charge is 0.234 e. The van der Waals surface area contributed by atoms with E-state index in [2.05, 4.69) is 20.4 Å². The lowest BCUT2D eigenvalue weighted by Gasteiger charge is -2.28. The van der Waals surface area contributed by atoms with Crippen LogP contribution < -0.4 is 15.0 Å². The quantitative estimate of drug-likeness (QED) is 0.567. The second kappa shape index (κ2) is 9.84. The molecular weight excluding hydrogens is 414 g/mol. The van der Waals surface area contributed by atoms with Crippen molar-refractivity contribution in [1.82, 2.24) is 14.8 Å². The van der Waals surface area contributed by atoms with Crippen molar-refractivity contribution in [3.63, 3.8) is 0 Å². The Morgan fingerprint density at radius 2 is 1.94 bits per heavy atom. The van der Waals surface area contributed by atoms with Gasteiger partial charge >= 0.3 is 0 Å². The number of methoxy groups -OCH3 is 1. The van der Waals surface area contributed by atoms with Gasteiger partial charge in [0, 0.05) is 37.1 Å². The second-order valence-electron chi connectivity index (χ2n) is 7.08. The Labute approximate surface area is 185 Å². The lowest BCUT2D eigenvalue weighted by molar-refractivity contribution is -0.113. The molecule has 3 aromatic rings. The number of nitrogens with zero attached hydrogens (tertiary/aromatic N) is 4. The molecule has 0 radical (unpaired) electrons. The molecule has 162 valence electrons. The molecule has 9 heteroatoms. The van der Waals surface area contributed by atoms with Gasteiger partial charge in [0.15, 0.2) is 11.0 Å². The van der Waals surface area contributed by atoms with Crippen LogP contribution in [0.1, 0.15) is 0 Å². The maximum absolute atomic E-state index is 12.4. The van der Waals surface area contributed by atoms with E-state index >= 15 is 0 Å². The molecule has 0 aliphatic carbocycles. The summed E-state index contributed by atoms with van der Waals surface area (Å²) >= 11 is 1.35. The molecule has 1 fully saturated rings. The van der Waals surface area contributed by atoms with Crippen LogP contribution in [0.3, 0.4) is 0 Å². The fourth-order valence-corrected chi connectivity index (χ4v) is 4.07. The van der Waals surface area contributed by atoms with Gasteiger partial charge in [0.2, 0.25) is 5.91 Å². The van der Waals surface area contributed by atoms with Crippen molar-refractivity contribution in [3.05, 3.63) is 48.5 Å². The van der Waals surface area contributed by atoms with Crippen LogP contribution in [0.4, 0.5) is 11.4 Å². The minimum absolute atomic E-state index is 0.0879. The van der Waals surface area contributed by atoms with E-state index in [1.54, 1.807) is 7.11 Å². The van der Waals surface area contributed by atoms with Crippen LogP contribution in [0, 0.1) is 0 Å². The molecule has 1 N–H and O–H groups in total. The first-order chi connectivity index (χ1) is 15.1. The molecule has 4 rings (SSSR count). The van der Waals surface area contributed by atoms with E-state index in [1.165, 1.54) is 11.8 Å². The van der Waals surface area contributed by atoms with Crippen molar-refractivity contribution in [2.75, 3.05) is 49.4 Å². The Hall–Kier alpha value is -3.04.